The first kappa shape index (κ1) is 10.4. The second-order valence-electron chi connectivity index (χ2n) is 3.01. The van der Waals surface area contributed by atoms with E-state index >= 15 is 0 Å². The SMILES string of the molecule is C=CCC[C@@H](C)C[C@H](O)C=C. The normalized spacial score (nSPS) is 15.5. The molecule has 0 aromatic rings. The maximum atomic E-state index is 9.18. The lowest BCUT2D eigenvalue weighted by molar-refractivity contribution is 0.189. The topological polar surface area (TPSA) is 20.2 Å². The van der Waals surface area contributed by atoms with Crippen molar-refractivity contribution in [2.75, 3.05) is 0 Å². The molecule has 1 N–H and O–H groups in total. The first-order chi connectivity index (χ1) is 5.20. The van der Waals surface area contributed by atoms with Crippen LogP contribution in [0.3, 0.4) is 0 Å². The maximum Gasteiger partial charge on any atom is 0.0720 e. The van der Waals surface area contributed by atoms with Crippen molar-refractivity contribution in [1.82, 2.24) is 0 Å². The molecular weight excluding hydrogens is 136 g/mol. The zero-order chi connectivity index (χ0) is 8.69. The van der Waals surface area contributed by atoms with Crippen LogP contribution in [0.1, 0.15) is 26.2 Å². The summed E-state index contributed by atoms with van der Waals surface area (Å²) >= 11 is 0. The number of allylic oxidation sites excluding steroid dienone is 1. The molecule has 0 fully saturated rings. The Balaban J connectivity index is 3.42. The Morgan fingerprint density at radius 2 is 2.09 bits per heavy atom. The van der Waals surface area contributed by atoms with E-state index < -0.39 is 0 Å². The van der Waals surface area contributed by atoms with Crippen LogP contribution in [0.25, 0.3) is 0 Å². The number of aliphatic hydroxyl groups is 1. The van der Waals surface area contributed by atoms with Gasteiger partial charge in [-0.15, -0.1) is 13.2 Å². The van der Waals surface area contributed by atoms with Crippen molar-refractivity contribution in [3.8, 4) is 0 Å². The fraction of sp³-hybridized carbons (Fsp3) is 0.600. The van der Waals surface area contributed by atoms with E-state index in [1.807, 2.05) is 6.08 Å². The van der Waals surface area contributed by atoms with Crippen LogP contribution in [0.2, 0.25) is 0 Å². The molecule has 0 rings (SSSR count). The van der Waals surface area contributed by atoms with E-state index in [9.17, 15) is 5.11 Å². The number of rotatable bonds is 6. The molecular formula is C10H18O. The van der Waals surface area contributed by atoms with Gasteiger partial charge in [-0.2, -0.15) is 0 Å². The van der Waals surface area contributed by atoms with Gasteiger partial charge in [0.2, 0.25) is 0 Å². The summed E-state index contributed by atoms with van der Waals surface area (Å²) in [4.78, 5) is 0. The van der Waals surface area contributed by atoms with Crippen LogP contribution >= 0.6 is 0 Å². The number of hydrogen-bond acceptors (Lipinski definition) is 1. The van der Waals surface area contributed by atoms with Gasteiger partial charge in [-0.05, 0) is 25.2 Å². The average Bonchev–Trinajstić information content (AvgIpc) is 2.00. The highest BCUT2D eigenvalue weighted by Gasteiger charge is 2.05. The molecule has 0 unspecified atom stereocenters. The lowest BCUT2D eigenvalue weighted by Gasteiger charge is -2.11. The summed E-state index contributed by atoms with van der Waals surface area (Å²) in [5.74, 6) is 0.556. The Morgan fingerprint density at radius 3 is 2.55 bits per heavy atom. The van der Waals surface area contributed by atoms with Crippen LogP contribution in [-0.4, -0.2) is 11.2 Å². The fourth-order valence-corrected chi connectivity index (χ4v) is 1.03. The average molecular weight is 154 g/mol. The molecule has 0 radical (unpaired) electrons. The molecule has 0 aromatic carbocycles. The van der Waals surface area contributed by atoms with E-state index in [0.717, 1.165) is 19.3 Å². The molecule has 0 aliphatic rings. The first-order valence-electron chi connectivity index (χ1n) is 4.12. The second-order valence-corrected chi connectivity index (χ2v) is 3.01. The highest BCUT2D eigenvalue weighted by Crippen LogP contribution is 2.13. The van der Waals surface area contributed by atoms with Crippen molar-refractivity contribution in [3.63, 3.8) is 0 Å². The van der Waals surface area contributed by atoms with Crippen molar-refractivity contribution >= 4 is 0 Å². The third-order valence-electron chi connectivity index (χ3n) is 1.78. The van der Waals surface area contributed by atoms with E-state index in [1.165, 1.54) is 0 Å². The van der Waals surface area contributed by atoms with Crippen LogP contribution in [0.15, 0.2) is 25.3 Å². The lowest BCUT2D eigenvalue weighted by atomic mass is 9.98. The molecule has 0 spiro atoms. The van der Waals surface area contributed by atoms with Crippen LogP contribution in [-0.2, 0) is 0 Å². The molecule has 0 saturated carbocycles. The van der Waals surface area contributed by atoms with Crippen molar-refractivity contribution in [2.45, 2.75) is 32.3 Å². The van der Waals surface area contributed by atoms with E-state index in [0.29, 0.717) is 5.92 Å². The van der Waals surface area contributed by atoms with E-state index in [2.05, 4.69) is 20.1 Å². The van der Waals surface area contributed by atoms with Crippen molar-refractivity contribution in [1.29, 1.82) is 0 Å². The lowest BCUT2D eigenvalue weighted by Crippen LogP contribution is -2.07. The Morgan fingerprint density at radius 1 is 1.45 bits per heavy atom. The summed E-state index contributed by atoms with van der Waals surface area (Å²) < 4.78 is 0. The van der Waals surface area contributed by atoms with E-state index in [4.69, 9.17) is 0 Å². The fourth-order valence-electron chi connectivity index (χ4n) is 1.03. The van der Waals surface area contributed by atoms with Gasteiger partial charge in [0, 0.05) is 0 Å². The van der Waals surface area contributed by atoms with Gasteiger partial charge >= 0.3 is 0 Å². The minimum absolute atomic E-state index is 0.338. The van der Waals surface area contributed by atoms with Gasteiger partial charge in [0.05, 0.1) is 6.10 Å². The molecule has 0 aromatic heterocycles. The summed E-state index contributed by atoms with van der Waals surface area (Å²) in [5.41, 5.74) is 0. The Hall–Kier alpha value is -0.560. The molecule has 0 aliphatic carbocycles. The highest BCUT2D eigenvalue weighted by atomic mass is 16.3. The highest BCUT2D eigenvalue weighted by molar-refractivity contribution is 4.80. The van der Waals surface area contributed by atoms with E-state index in [-0.39, 0.29) is 6.10 Å². The van der Waals surface area contributed by atoms with Crippen molar-refractivity contribution < 1.29 is 5.11 Å². The van der Waals surface area contributed by atoms with Crippen LogP contribution in [0.5, 0.6) is 0 Å². The molecule has 0 bridgehead atoms. The van der Waals surface area contributed by atoms with Gasteiger partial charge in [-0.3, -0.25) is 0 Å². The van der Waals surface area contributed by atoms with Gasteiger partial charge in [0.15, 0.2) is 0 Å². The summed E-state index contributed by atoms with van der Waals surface area (Å²) in [6.07, 6.45) is 6.12. The largest absolute Gasteiger partial charge is 0.389 e. The summed E-state index contributed by atoms with van der Waals surface area (Å²) in [5, 5.41) is 9.18. The van der Waals surface area contributed by atoms with Gasteiger partial charge in [0.25, 0.3) is 0 Å². The molecule has 11 heavy (non-hydrogen) atoms. The minimum atomic E-state index is -0.338. The standard InChI is InChI=1S/C10H18O/c1-4-6-7-9(3)8-10(11)5-2/h4-5,9-11H,1-2,6-8H2,3H3/t9-,10-/m1/s1. The van der Waals surface area contributed by atoms with Crippen LogP contribution < -0.4 is 0 Å². The van der Waals surface area contributed by atoms with Gasteiger partial charge in [0.1, 0.15) is 0 Å². The predicted molar refractivity (Wildman–Crippen MR) is 49.4 cm³/mol. The van der Waals surface area contributed by atoms with Crippen LogP contribution in [0.4, 0.5) is 0 Å². The van der Waals surface area contributed by atoms with Gasteiger partial charge in [-0.25, -0.2) is 0 Å². The molecule has 1 nitrogen and oxygen atoms in total. The molecule has 0 amide bonds. The Bertz CT molecular complexity index is 118. The van der Waals surface area contributed by atoms with Gasteiger partial charge in [-0.1, -0.05) is 19.1 Å². The number of hydrogen-bond donors (Lipinski definition) is 1. The molecule has 1 heteroatoms. The zero-order valence-corrected chi connectivity index (χ0v) is 7.29. The molecule has 64 valence electrons. The predicted octanol–water partition coefficient (Wildman–Crippen LogP) is 2.53. The smallest absolute Gasteiger partial charge is 0.0720 e. The molecule has 0 aliphatic heterocycles. The summed E-state index contributed by atoms with van der Waals surface area (Å²) in [7, 11) is 0. The molecule has 0 saturated heterocycles. The second kappa shape index (κ2) is 6.17. The maximum absolute atomic E-state index is 9.18. The summed E-state index contributed by atoms with van der Waals surface area (Å²) in [6, 6.07) is 0. The molecule has 0 heterocycles. The van der Waals surface area contributed by atoms with Crippen molar-refractivity contribution in [2.24, 2.45) is 5.92 Å². The van der Waals surface area contributed by atoms with Crippen molar-refractivity contribution in [3.05, 3.63) is 25.3 Å². The Kier molecular flexibility index (Phi) is 5.86. The number of aliphatic hydroxyl groups excluding tert-OH is 1. The quantitative estimate of drug-likeness (QED) is 0.583. The first-order valence-corrected chi connectivity index (χ1v) is 4.12. The Labute approximate surface area is 69.4 Å². The van der Waals surface area contributed by atoms with Crippen LogP contribution in [0, 0.1) is 5.92 Å². The summed E-state index contributed by atoms with van der Waals surface area (Å²) in [6.45, 7) is 9.31. The van der Waals surface area contributed by atoms with Gasteiger partial charge < -0.3 is 5.11 Å². The van der Waals surface area contributed by atoms with E-state index in [1.54, 1.807) is 6.08 Å². The minimum Gasteiger partial charge on any atom is -0.389 e. The zero-order valence-electron chi connectivity index (χ0n) is 7.29. The third kappa shape index (κ3) is 5.86. The monoisotopic (exact) mass is 154 g/mol. The third-order valence-corrected chi connectivity index (χ3v) is 1.78. The molecule has 2 atom stereocenters.